The van der Waals surface area contributed by atoms with Crippen LogP contribution in [-0.2, 0) is 6.42 Å². The van der Waals surface area contributed by atoms with Gasteiger partial charge in [-0.1, -0.05) is 6.92 Å². The molecule has 1 aromatic rings. The van der Waals surface area contributed by atoms with E-state index >= 15 is 0 Å². The third kappa shape index (κ3) is 2.32. The minimum Gasteiger partial charge on any atom is -0.338 e. The summed E-state index contributed by atoms with van der Waals surface area (Å²) in [5.74, 6) is 0.880. The third-order valence-electron chi connectivity index (χ3n) is 3.23. The van der Waals surface area contributed by atoms with Crippen LogP contribution in [0.5, 0.6) is 0 Å². The second kappa shape index (κ2) is 5.25. The van der Waals surface area contributed by atoms with Gasteiger partial charge >= 0.3 is 0 Å². The van der Waals surface area contributed by atoms with Crippen molar-refractivity contribution in [3.05, 3.63) is 18.0 Å². The molecule has 0 amide bonds. The molecule has 0 aromatic carbocycles. The summed E-state index contributed by atoms with van der Waals surface area (Å²) in [7, 11) is 0. The predicted molar refractivity (Wildman–Crippen MR) is 65.4 cm³/mol. The van der Waals surface area contributed by atoms with Crippen molar-refractivity contribution in [1.29, 1.82) is 0 Å². The molecular weight excluding hydrogens is 200 g/mol. The Hall–Kier alpha value is -1.16. The van der Waals surface area contributed by atoms with Crippen molar-refractivity contribution in [2.75, 3.05) is 18.0 Å². The monoisotopic (exact) mass is 220 g/mol. The molecule has 1 fully saturated rings. The summed E-state index contributed by atoms with van der Waals surface area (Å²) in [6.45, 7) is 3.98. The van der Waals surface area contributed by atoms with E-state index in [0.29, 0.717) is 12.6 Å². The topological polar surface area (TPSA) is 55.0 Å². The first kappa shape index (κ1) is 11.3. The van der Waals surface area contributed by atoms with Gasteiger partial charge in [-0.3, -0.25) is 0 Å². The Labute approximate surface area is 96.9 Å². The molecule has 16 heavy (non-hydrogen) atoms. The zero-order valence-electron chi connectivity index (χ0n) is 9.89. The molecule has 1 aliphatic rings. The Kier molecular flexibility index (Phi) is 3.72. The zero-order chi connectivity index (χ0) is 11.4. The second-order valence-electron chi connectivity index (χ2n) is 4.33. The van der Waals surface area contributed by atoms with Crippen molar-refractivity contribution >= 4 is 5.95 Å². The summed E-state index contributed by atoms with van der Waals surface area (Å²) in [6, 6.07) is 0.625. The van der Waals surface area contributed by atoms with Gasteiger partial charge in [-0.2, -0.15) is 0 Å². The fourth-order valence-corrected chi connectivity index (χ4v) is 2.32. The summed E-state index contributed by atoms with van der Waals surface area (Å²) in [6.07, 6.45) is 8.36. The maximum absolute atomic E-state index is 5.50. The molecule has 0 radical (unpaired) electrons. The largest absolute Gasteiger partial charge is 0.338 e. The Morgan fingerprint density at radius 2 is 2.19 bits per heavy atom. The molecule has 88 valence electrons. The smallest absolute Gasteiger partial charge is 0.225 e. The van der Waals surface area contributed by atoms with E-state index < -0.39 is 0 Å². The molecule has 0 spiro atoms. The van der Waals surface area contributed by atoms with Gasteiger partial charge in [0.15, 0.2) is 0 Å². The normalized spacial score (nSPS) is 20.4. The first-order chi connectivity index (χ1) is 7.85. The number of hydrogen-bond acceptors (Lipinski definition) is 4. The molecule has 0 saturated carbocycles. The Morgan fingerprint density at radius 1 is 1.44 bits per heavy atom. The maximum atomic E-state index is 5.50. The predicted octanol–water partition coefficient (Wildman–Crippen LogP) is 1.36. The summed E-state index contributed by atoms with van der Waals surface area (Å²) in [4.78, 5) is 11.2. The lowest BCUT2D eigenvalue weighted by atomic mass is 10.2. The van der Waals surface area contributed by atoms with Gasteiger partial charge in [0.05, 0.1) is 0 Å². The third-order valence-corrected chi connectivity index (χ3v) is 3.23. The molecule has 2 N–H and O–H groups in total. The van der Waals surface area contributed by atoms with Crippen LogP contribution in [0.25, 0.3) is 0 Å². The summed E-state index contributed by atoms with van der Waals surface area (Å²) in [5.41, 5.74) is 6.62. The fourth-order valence-electron chi connectivity index (χ4n) is 2.32. The first-order valence-electron chi connectivity index (χ1n) is 6.12. The van der Waals surface area contributed by atoms with Crippen LogP contribution in [0, 0.1) is 0 Å². The van der Waals surface area contributed by atoms with E-state index in [0.717, 1.165) is 24.5 Å². The van der Waals surface area contributed by atoms with E-state index in [9.17, 15) is 0 Å². The van der Waals surface area contributed by atoms with Crippen LogP contribution < -0.4 is 10.6 Å². The van der Waals surface area contributed by atoms with Crippen LogP contribution in [0.3, 0.4) is 0 Å². The molecule has 0 bridgehead atoms. The van der Waals surface area contributed by atoms with Crippen molar-refractivity contribution in [2.45, 2.75) is 38.6 Å². The molecule has 2 rings (SSSR count). The van der Waals surface area contributed by atoms with Crippen LogP contribution >= 0.6 is 0 Å². The number of aromatic nitrogens is 2. The van der Waals surface area contributed by atoms with Crippen LogP contribution in [0.4, 0.5) is 5.95 Å². The number of rotatable bonds is 4. The maximum Gasteiger partial charge on any atom is 0.225 e. The number of nitrogens with two attached hydrogens (primary N) is 1. The molecular formula is C12H20N4. The van der Waals surface area contributed by atoms with Crippen LogP contribution in [0.1, 0.15) is 31.7 Å². The molecule has 4 heteroatoms. The second-order valence-corrected chi connectivity index (χ2v) is 4.33. The van der Waals surface area contributed by atoms with Crippen molar-refractivity contribution < 1.29 is 0 Å². The minimum absolute atomic E-state index is 0.625. The van der Waals surface area contributed by atoms with E-state index in [1.807, 2.05) is 12.4 Å². The van der Waals surface area contributed by atoms with Gasteiger partial charge < -0.3 is 10.6 Å². The van der Waals surface area contributed by atoms with Gasteiger partial charge in [0.25, 0.3) is 0 Å². The van der Waals surface area contributed by atoms with Crippen molar-refractivity contribution in [2.24, 2.45) is 5.73 Å². The van der Waals surface area contributed by atoms with Crippen LogP contribution in [0.15, 0.2) is 12.4 Å². The zero-order valence-corrected chi connectivity index (χ0v) is 9.89. The average Bonchev–Trinajstić information content (AvgIpc) is 2.78. The van der Waals surface area contributed by atoms with Gasteiger partial charge in [0.2, 0.25) is 5.95 Å². The van der Waals surface area contributed by atoms with E-state index in [-0.39, 0.29) is 0 Å². The molecule has 1 atom stereocenters. The van der Waals surface area contributed by atoms with E-state index in [1.54, 1.807) is 0 Å². The first-order valence-corrected chi connectivity index (χ1v) is 6.12. The van der Waals surface area contributed by atoms with Gasteiger partial charge in [-0.05, 0) is 37.8 Å². The molecule has 4 nitrogen and oxygen atoms in total. The lowest BCUT2D eigenvalue weighted by molar-refractivity contribution is 0.634. The molecule has 1 saturated heterocycles. The highest BCUT2D eigenvalue weighted by atomic mass is 15.3. The van der Waals surface area contributed by atoms with E-state index in [4.69, 9.17) is 5.73 Å². The quantitative estimate of drug-likeness (QED) is 0.832. The molecule has 0 aliphatic carbocycles. The number of nitrogens with zero attached hydrogens (tertiary/aromatic N) is 3. The molecule has 1 aliphatic heterocycles. The number of hydrogen-bond donors (Lipinski definition) is 1. The molecule has 2 heterocycles. The van der Waals surface area contributed by atoms with Gasteiger partial charge in [0, 0.05) is 25.0 Å². The molecule has 1 unspecified atom stereocenters. The minimum atomic E-state index is 0.625. The average molecular weight is 220 g/mol. The summed E-state index contributed by atoms with van der Waals surface area (Å²) in [5, 5.41) is 0. The van der Waals surface area contributed by atoms with Crippen LogP contribution in [-0.4, -0.2) is 29.1 Å². The lowest BCUT2D eigenvalue weighted by Crippen LogP contribution is -2.30. The summed E-state index contributed by atoms with van der Waals surface area (Å²) >= 11 is 0. The molecule has 1 aromatic heterocycles. The van der Waals surface area contributed by atoms with Crippen molar-refractivity contribution in [3.63, 3.8) is 0 Å². The highest BCUT2D eigenvalue weighted by Gasteiger charge is 2.24. The summed E-state index contributed by atoms with van der Waals surface area (Å²) < 4.78 is 0. The fraction of sp³-hybridized carbons (Fsp3) is 0.667. The lowest BCUT2D eigenvalue weighted by Gasteiger charge is -2.23. The SMILES string of the molecule is CCC1CCCN1c1ncc(CCN)cn1. The highest BCUT2D eigenvalue weighted by Crippen LogP contribution is 2.23. The van der Waals surface area contributed by atoms with Crippen molar-refractivity contribution in [1.82, 2.24) is 9.97 Å². The van der Waals surface area contributed by atoms with Crippen LogP contribution in [0.2, 0.25) is 0 Å². The Balaban J connectivity index is 2.08. The van der Waals surface area contributed by atoms with Crippen molar-refractivity contribution in [3.8, 4) is 0 Å². The van der Waals surface area contributed by atoms with Gasteiger partial charge in [-0.15, -0.1) is 0 Å². The standard InChI is InChI=1S/C12H20N4/c1-2-11-4-3-7-16(11)12-14-8-10(5-6-13)9-15-12/h8-9,11H,2-7,13H2,1H3. The van der Waals surface area contributed by atoms with E-state index in [1.165, 1.54) is 19.3 Å². The van der Waals surface area contributed by atoms with Gasteiger partial charge in [-0.25, -0.2) is 9.97 Å². The highest BCUT2D eigenvalue weighted by molar-refractivity contribution is 5.33. The number of anilines is 1. The van der Waals surface area contributed by atoms with Gasteiger partial charge in [0.1, 0.15) is 0 Å². The Bertz CT molecular complexity index is 322. The van der Waals surface area contributed by atoms with E-state index in [2.05, 4.69) is 21.8 Å². The Morgan fingerprint density at radius 3 is 2.81 bits per heavy atom.